The first-order valence-corrected chi connectivity index (χ1v) is 11.6. The first-order chi connectivity index (χ1) is 15.5. The maximum absolute atomic E-state index is 12.7. The Kier molecular flexibility index (Phi) is 6.92. The van der Waals surface area contributed by atoms with Crippen LogP contribution >= 0.6 is 11.3 Å². The Morgan fingerprint density at radius 2 is 1.75 bits per heavy atom. The van der Waals surface area contributed by atoms with Crippen molar-refractivity contribution in [2.24, 2.45) is 0 Å². The summed E-state index contributed by atoms with van der Waals surface area (Å²) < 4.78 is 0. The summed E-state index contributed by atoms with van der Waals surface area (Å²) in [6, 6.07) is 15.4. The summed E-state index contributed by atoms with van der Waals surface area (Å²) in [6.07, 6.45) is 1.63. The summed E-state index contributed by atoms with van der Waals surface area (Å²) in [6.45, 7) is 7.01. The van der Waals surface area contributed by atoms with E-state index >= 15 is 0 Å². The summed E-state index contributed by atoms with van der Waals surface area (Å²) in [7, 11) is 0. The Morgan fingerprint density at radius 1 is 1.03 bits per heavy atom. The number of hydrogen-bond donors (Lipinski definition) is 1. The van der Waals surface area contributed by atoms with Gasteiger partial charge in [-0.05, 0) is 18.1 Å². The van der Waals surface area contributed by atoms with E-state index in [9.17, 15) is 9.59 Å². The second-order valence-corrected chi connectivity index (χ2v) is 9.11. The SMILES string of the molecule is CC(C)c1sc(NC(=O)CN2CCN(C(=O)c3ccccn3)CC2)nc1-c1ccccc1. The fourth-order valence-electron chi connectivity index (χ4n) is 3.70. The van der Waals surface area contributed by atoms with Gasteiger partial charge in [0.1, 0.15) is 5.69 Å². The van der Waals surface area contributed by atoms with E-state index in [2.05, 4.69) is 29.0 Å². The van der Waals surface area contributed by atoms with Gasteiger partial charge in [0.25, 0.3) is 5.91 Å². The predicted octanol–water partition coefficient (Wildman–Crippen LogP) is 3.73. The van der Waals surface area contributed by atoms with Crippen molar-refractivity contribution in [3.63, 3.8) is 0 Å². The Bertz CT molecular complexity index is 1060. The van der Waals surface area contributed by atoms with Crippen molar-refractivity contribution in [1.29, 1.82) is 0 Å². The molecule has 1 aromatic carbocycles. The van der Waals surface area contributed by atoms with Crippen LogP contribution in [0.5, 0.6) is 0 Å². The zero-order chi connectivity index (χ0) is 22.5. The monoisotopic (exact) mass is 449 g/mol. The molecule has 3 aromatic rings. The van der Waals surface area contributed by atoms with E-state index in [1.165, 1.54) is 11.3 Å². The van der Waals surface area contributed by atoms with Crippen LogP contribution in [0.4, 0.5) is 5.13 Å². The molecular formula is C24H27N5O2S. The first kappa shape index (κ1) is 22.1. The number of rotatable bonds is 6. The van der Waals surface area contributed by atoms with Gasteiger partial charge in [-0.3, -0.25) is 19.5 Å². The van der Waals surface area contributed by atoms with Crippen molar-refractivity contribution in [3.8, 4) is 11.3 Å². The van der Waals surface area contributed by atoms with E-state index in [4.69, 9.17) is 4.98 Å². The molecule has 166 valence electrons. The topological polar surface area (TPSA) is 78.4 Å². The number of benzene rings is 1. The van der Waals surface area contributed by atoms with Gasteiger partial charge in [-0.25, -0.2) is 4.98 Å². The predicted molar refractivity (Wildman–Crippen MR) is 127 cm³/mol. The lowest BCUT2D eigenvalue weighted by atomic mass is 10.1. The number of nitrogens with zero attached hydrogens (tertiary/aromatic N) is 4. The molecule has 1 aliphatic heterocycles. The first-order valence-electron chi connectivity index (χ1n) is 10.8. The minimum absolute atomic E-state index is 0.0628. The Morgan fingerprint density at radius 3 is 2.41 bits per heavy atom. The average molecular weight is 450 g/mol. The Balaban J connectivity index is 1.33. The number of carbonyl (C=O) groups is 2. The van der Waals surface area contributed by atoms with Crippen molar-refractivity contribution >= 4 is 28.3 Å². The molecule has 0 atom stereocenters. The van der Waals surface area contributed by atoms with Crippen LogP contribution in [-0.4, -0.2) is 64.3 Å². The van der Waals surface area contributed by atoms with Gasteiger partial charge in [-0.2, -0.15) is 0 Å². The van der Waals surface area contributed by atoms with E-state index in [0.717, 1.165) is 16.1 Å². The third-order valence-electron chi connectivity index (χ3n) is 5.38. The van der Waals surface area contributed by atoms with Gasteiger partial charge in [0, 0.05) is 42.8 Å². The number of pyridine rings is 1. The van der Waals surface area contributed by atoms with E-state index in [1.807, 2.05) is 36.4 Å². The molecule has 2 amide bonds. The van der Waals surface area contributed by atoms with Crippen molar-refractivity contribution in [2.45, 2.75) is 19.8 Å². The molecule has 0 unspecified atom stereocenters. The highest BCUT2D eigenvalue weighted by molar-refractivity contribution is 7.16. The maximum atomic E-state index is 12.7. The van der Waals surface area contributed by atoms with Crippen LogP contribution in [0.15, 0.2) is 54.7 Å². The molecule has 8 heteroatoms. The fourth-order valence-corrected chi connectivity index (χ4v) is 4.71. The number of piperazine rings is 1. The highest BCUT2D eigenvalue weighted by Gasteiger charge is 2.24. The minimum atomic E-state index is -0.0850. The molecule has 0 spiro atoms. The van der Waals surface area contributed by atoms with Crippen LogP contribution < -0.4 is 5.32 Å². The lowest BCUT2D eigenvalue weighted by Gasteiger charge is -2.34. The molecule has 0 saturated carbocycles. The van der Waals surface area contributed by atoms with Crippen molar-refractivity contribution in [3.05, 3.63) is 65.3 Å². The lowest BCUT2D eigenvalue weighted by Crippen LogP contribution is -2.50. The molecular weight excluding hydrogens is 422 g/mol. The molecule has 1 aliphatic rings. The zero-order valence-electron chi connectivity index (χ0n) is 18.3. The number of amides is 2. The van der Waals surface area contributed by atoms with E-state index in [-0.39, 0.29) is 18.4 Å². The van der Waals surface area contributed by atoms with Crippen LogP contribution in [0.3, 0.4) is 0 Å². The number of carbonyl (C=O) groups excluding carboxylic acids is 2. The van der Waals surface area contributed by atoms with Crippen LogP contribution in [0.2, 0.25) is 0 Å². The van der Waals surface area contributed by atoms with E-state index in [1.54, 1.807) is 23.2 Å². The van der Waals surface area contributed by atoms with Gasteiger partial charge < -0.3 is 10.2 Å². The molecule has 4 rings (SSSR count). The van der Waals surface area contributed by atoms with Gasteiger partial charge in [0.15, 0.2) is 5.13 Å². The van der Waals surface area contributed by atoms with Crippen LogP contribution in [0.25, 0.3) is 11.3 Å². The molecule has 0 aliphatic carbocycles. The third-order valence-corrected chi connectivity index (χ3v) is 6.65. The summed E-state index contributed by atoms with van der Waals surface area (Å²) in [5.41, 5.74) is 2.45. The highest BCUT2D eigenvalue weighted by Crippen LogP contribution is 2.36. The maximum Gasteiger partial charge on any atom is 0.272 e. The molecule has 1 fully saturated rings. The van der Waals surface area contributed by atoms with Crippen molar-refractivity contribution in [1.82, 2.24) is 19.8 Å². The van der Waals surface area contributed by atoms with Crippen molar-refractivity contribution in [2.75, 3.05) is 38.0 Å². The van der Waals surface area contributed by atoms with Gasteiger partial charge in [0.05, 0.1) is 12.2 Å². The largest absolute Gasteiger partial charge is 0.335 e. The fraction of sp³-hybridized carbons (Fsp3) is 0.333. The minimum Gasteiger partial charge on any atom is -0.335 e. The van der Waals surface area contributed by atoms with Crippen LogP contribution in [0.1, 0.15) is 35.1 Å². The van der Waals surface area contributed by atoms with Gasteiger partial charge >= 0.3 is 0 Å². The number of thiazole rings is 1. The Labute approximate surface area is 192 Å². The summed E-state index contributed by atoms with van der Waals surface area (Å²) in [5, 5.41) is 3.60. The summed E-state index contributed by atoms with van der Waals surface area (Å²) >= 11 is 1.53. The number of nitrogens with one attached hydrogen (secondary N) is 1. The molecule has 1 saturated heterocycles. The van der Waals surface area contributed by atoms with Crippen LogP contribution in [-0.2, 0) is 4.79 Å². The van der Waals surface area contributed by atoms with Crippen LogP contribution in [0, 0.1) is 0 Å². The number of anilines is 1. The smallest absolute Gasteiger partial charge is 0.272 e. The molecule has 0 radical (unpaired) electrons. The normalized spacial score (nSPS) is 14.5. The third kappa shape index (κ3) is 5.20. The summed E-state index contributed by atoms with van der Waals surface area (Å²) in [4.78, 5) is 39.1. The average Bonchev–Trinajstić information content (AvgIpc) is 3.24. The van der Waals surface area contributed by atoms with Gasteiger partial charge in [-0.15, -0.1) is 11.3 Å². The second-order valence-electron chi connectivity index (χ2n) is 8.08. The van der Waals surface area contributed by atoms with E-state index in [0.29, 0.717) is 42.9 Å². The van der Waals surface area contributed by atoms with Crippen molar-refractivity contribution < 1.29 is 9.59 Å². The molecule has 2 aromatic heterocycles. The quantitative estimate of drug-likeness (QED) is 0.621. The molecule has 32 heavy (non-hydrogen) atoms. The molecule has 1 N–H and O–H groups in total. The lowest BCUT2D eigenvalue weighted by molar-refractivity contribution is -0.117. The van der Waals surface area contributed by atoms with Gasteiger partial charge in [0.2, 0.25) is 5.91 Å². The highest BCUT2D eigenvalue weighted by atomic mass is 32.1. The number of hydrogen-bond acceptors (Lipinski definition) is 6. The Hall–Kier alpha value is -3.10. The van der Waals surface area contributed by atoms with Gasteiger partial charge in [-0.1, -0.05) is 50.2 Å². The molecule has 3 heterocycles. The molecule has 0 bridgehead atoms. The van der Waals surface area contributed by atoms with E-state index < -0.39 is 0 Å². The second kappa shape index (κ2) is 10.0. The standard InChI is InChI=1S/C24H27N5O2S/c1-17(2)22-21(18-8-4-3-5-9-18)27-24(32-22)26-20(30)16-28-12-14-29(15-13-28)23(31)19-10-6-7-11-25-19/h3-11,17H,12-16H2,1-2H3,(H,26,27,30). The number of aromatic nitrogens is 2. The zero-order valence-corrected chi connectivity index (χ0v) is 19.1. The molecule has 7 nitrogen and oxygen atoms in total. The summed E-state index contributed by atoms with van der Waals surface area (Å²) in [5.74, 6) is 0.170.